The third kappa shape index (κ3) is 7.68. The van der Waals surface area contributed by atoms with Crippen molar-refractivity contribution in [1.82, 2.24) is 4.90 Å². The molecule has 32 heavy (non-hydrogen) atoms. The number of hydrogen-bond acceptors (Lipinski definition) is 6. The lowest BCUT2D eigenvalue weighted by atomic mass is 9.72. The van der Waals surface area contributed by atoms with Crippen molar-refractivity contribution in [2.75, 3.05) is 33.2 Å². The number of rotatable bonds is 12. The van der Waals surface area contributed by atoms with E-state index in [1.807, 2.05) is 28.7 Å². The Morgan fingerprint density at radius 3 is 2.59 bits per heavy atom. The number of carbonyl (C=O) groups is 1. The van der Waals surface area contributed by atoms with Gasteiger partial charge in [-0.3, -0.25) is 9.69 Å². The number of carbonyl (C=O) groups excluding carboxylic acids is 1. The lowest BCUT2D eigenvalue weighted by Gasteiger charge is -2.44. The summed E-state index contributed by atoms with van der Waals surface area (Å²) in [6.07, 6.45) is 11.0. The van der Waals surface area contributed by atoms with Gasteiger partial charge in [-0.15, -0.1) is 0 Å². The minimum absolute atomic E-state index is 0.0729. The molecule has 1 aromatic carbocycles. The van der Waals surface area contributed by atoms with Crippen LogP contribution >= 0.6 is 21.6 Å². The van der Waals surface area contributed by atoms with Gasteiger partial charge in [-0.2, -0.15) is 0 Å². The summed E-state index contributed by atoms with van der Waals surface area (Å²) in [4.78, 5) is 14.4. The molecule has 6 heteroatoms. The van der Waals surface area contributed by atoms with Crippen molar-refractivity contribution in [3.63, 3.8) is 0 Å². The molecular weight excluding hydrogens is 438 g/mol. The number of benzene rings is 1. The van der Waals surface area contributed by atoms with Gasteiger partial charge in [-0.1, -0.05) is 77.1 Å². The zero-order valence-corrected chi connectivity index (χ0v) is 21.8. The zero-order valence-electron chi connectivity index (χ0n) is 20.1. The van der Waals surface area contributed by atoms with Crippen molar-refractivity contribution < 1.29 is 14.3 Å². The summed E-state index contributed by atoms with van der Waals surface area (Å²) in [5.41, 5.74) is 2.46. The van der Waals surface area contributed by atoms with E-state index in [2.05, 4.69) is 43.1 Å². The first-order valence-corrected chi connectivity index (χ1v) is 14.6. The van der Waals surface area contributed by atoms with E-state index in [1.165, 1.54) is 49.0 Å². The number of esters is 1. The van der Waals surface area contributed by atoms with Crippen molar-refractivity contribution in [3.05, 3.63) is 35.4 Å². The highest BCUT2D eigenvalue weighted by molar-refractivity contribution is 8.77. The average molecular weight is 480 g/mol. The highest BCUT2D eigenvalue weighted by atomic mass is 33.1. The maximum atomic E-state index is 12.3. The molecule has 2 fully saturated rings. The third-order valence-corrected chi connectivity index (χ3v) is 10.1. The molecule has 1 heterocycles. The van der Waals surface area contributed by atoms with Crippen LogP contribution in [0.25, 0.3) is 0 Å². The smallest absolute Gasteiger partial charge is 0.307 e. The molecule has 4 nitrogen and oxygen atoms in total. The van der Waals surface area contributed by atoms with Crippen molar-refractivity contribution in [2.24, 2.45) is 0 Å². The van der Waals surface area contributed by atoms with Crippen molar-refractivity contribution in [2.45, 2.75) is 87.9 Å². The first-order valence-electron chi connectivity index (χ1n) is 12.3. The summed E-state index contributed by atoms with van der Waals surface area (Å²) in [6.45, 7) is 3.29. The van der Waals surface area contributed by atoms with Gasteiger partial charge < -0.3 is 9.47 Å². The molecule has 180 valence electrons. The van der Waals surface area contributed by atoms with E-state index < -0.39 is 0 Å². The molecule has 1 saturated carbocycles. The number of hydrogen-bond donors (Lipinski definition) is 0. The van der Waals surface area contributed by atoms with Crippen LogP contribution in [0, 0.1) is 6.92 Å². The van der Waals surface area contributed by atoms with Gasteiger partial charge in [0.15, 0.2) is 0 Å². The summed E-state index contributed by atoms with van der Waals surface area (Å²) >= 11 is 0. The molecule has 0 spiro atoms. The van der Waals surface area contributed by atoms with Gasteiger partial charge in [-0.05, 0) is 51.6 Å². The third-order valence-electron chi connectivity index (χ3n) is 7.05. The lowest BCUT2D eigenvalue weighted by Crippen LogP contribution is -2.45. The number of nitrogens with zero attached hydrogens (tertiary/aromatic N) is 1. The van der Waals surface area contributed by atoms with E-state index in [-0.39, 0.29) is 17.5 Å². The van der Waals surface area contributed by atoms with E-state index in [1.54, 1.807) is 0 Å². The molecule has 1 aromatic rings. The maximum absolute atomic E-state index is 12.3. The summed E-state index contributed by atoms with van der Waals surface area (Å²) in [7, 11) is 7.92. The van der Waals surface area contributed by atoms with Gasteiger partial charge in [0.2, 0.25) is 0 Å². The maximum Gasteiger partial charge on any atom is 0.307 e. The van der Waals surface area contributed by atoms with Crippen LogP contribution in [0.3, 0.4) is 0 Å². The van der Waals surface area contributed by atoms with Gasteiger partial charge in [-0.25, -0.2) is 0 Å². The number of aryl methyl sites for hydroxylation is 1. The standard InChI is InChI=1S/C26H41NO3S2/c1-21-11-13-22(14-12-21)24(26(29-3)16-7-4-8-17-26)19-27(2)20-30-25(28)10-6-5-9-23-15-18-31-32-23/h11-14,23-24H,4-10,15-20H2,1-3H3/t23-,24?/m1/s1. The van der Waals surface area contributed by atoms with Crippen LogP contribution in [-0.4, -0.2) is 54.9 Å². The molecule has 1 aliphatic carbocycles. The van der Waals surface area contributed by atoms with Crippen LogP contribution in [0.5, 0.6) is 0 Å². The van der Waals surface area contributed by atoms with Crippen LogP contribution < -0.4 is 0 Å². The molecule has 1 unspecified atom stereocenters. The van der Waals surface area contributed by atoms with Crippen molar-refractivity contribution >= 4 is 27.6 Å². The van der Waals surface area contributed by atoms with Gasteiger partial charge in [0.05, 0.1) is 5.60 Å². The predicted molar refractivity (Wildman–Crippen MR) is 137 cm³/mol. The van der Waals surface area contributed by atoms with Crippen molar-refractivity contribution in [3.8, 4) is 0 Å². The SMILES string of the molecule is COC1(C(CN(C)COC(=O)CCCC[C@@H]2CCSS2)c2ccc(C)cc2)CCCCC1. The highest BCUT2D eigenvalue weighted by Crippen LogP contribution is 2.43. The number of ether oxygens (including phenoxy) is 2. The second-order valence-electron chi connectivity index (χ2n) is 9.55. The van der Waals surface area contributed by atoms with E-state index >= 15 is 0 Å². The predicted octanol–water partition coefficient (Wildman–Crippen LogP) is 6.57. The highest BCUT2D eigenvalue weighted by Gasteiger charge is 2.41. The Hall–Kier alpha value is -0.690. The monoisotopic (exact) mass is 479 g/mol. The van der Waals surface area contributed by atoms with E-state index in [0.29, 0.717) is 13.2 Å². The van der Waals surface area contributed by atoms with E-state index in [9.17, 15) is 4.79 Å². The second kappa shape index (κ2) is 13.3. The molecule has 2 atom stereocenters. The summed E-state index contributed by atoms with van der Waals surface area (Å²) in [6, 6.07) is 8.88. The molecule has 0 bridgehead atoms. The largest absolute Gasteiger partial charge is 0.449 e. The fourth-order valence-corrected chi connectivity index (χ4v) is 8.07. The van der Waals surface area contributed by atoms with Crippen LogP contribution in [0.2, 0.25) is 0 Å². The lowest BCUT2D eigenvalue weighted by molar-refractivity contribution is -0.148. The molecule has 1 aliphatic heterocycles. The summed E-state index contributed by atoms with van der Waals surface area (Å²) in [5, 5.41) is 0.786. The Morgan fingerprint density at radius 1 is 1.19 bits per heavy atom. The summed E-state index contributed by atoms with van der Waals surface area (Å²) in [5.74, 6) is 1.47. The Bertz CT molecular complexity index is 685. The Balaban J connectivity index is 1.50. The van der Waals surface area contributed by atoms with Crippen LogP contribution in [0.1, 0.15) is 81.3 Å². The Morgan fingerprint density at radius 2 is 1.94 bits per heavy atom. The molecule has 0 N–H and O–H groups in total. The van der Waals surface area contributed by atoms with Gasteiger partial charge in [0.25, 0.3) is 0 Å². The molecule has 2 aliphatic rings. The number of unbranched alkanes of at least 4 members (excludes halogenated alkanes) is 1. The Labute approximate surface area is 203 Å². The first kappa shape index (κ1) is 25.9. The number of methoxy groups -OCH3 is 1. The molecule has 3 rings (SSSR count). The molecule has 1 saturated heterocycles. The first-order chi connectivity index (χ1) is 15.5. The second-order valence-corrected chi connectivity index (χ2v) is 12.3. The van der Waals surface area contributed by atoms with E-state index in [0.717, 1.165) is 37.5 Å². The fraction of sp³-hybridized carbons (Fsp3) is 0.731. The van der Waals surface area contributed by atoms with Gasteiger partial charge in [0, 0.05) is 37.0 Å². The van der Waals surface area contributed by atoms with Crippen molar-refractivity contribution in [1.29, 1.82) is 0 Å². The molecule has 0 aromatic heterocycles. The molecule has 0 amide bonds. The quantitative estimate of drug-likeness (QED) is 0.146. The summed E-state index contributed by atoms with van der Waals surface area (Å²) < 4.78 is 11.8. The average Bonchev–Trinajstić information content (AvgIpc) is 3.34. The minimum Gasteiger partial charge on any atom is -0.449 e. The van der Waals surface area contributed by atoms with Crippen LogP contribution in [0.4, 0.5) is 0 Å². The van der Waals surface area contributed by atoms with Crippen LogP contribution in [0.15, 0.2) is 24.3 Å². The minimum atomic E-state index is -0.137. The molecule has 0 radical (unpaired) electrons. The zero-order chi connectivity index (χ0) is 22.8. The topological polar surface area (TPSA) is 38.8 Å². The number of likely N-dealkylation sites (N-methyl/N-ethyl adjacent to an activating group) is 1. The van der Waals surface area contributed by atoms with Gasteiger partial charge >= 0.3 is 5.97 Å². The van der Waals surface area contributed by atoms with E-state index in [4.69, 9.17) is 9.47 Å². The van der Waals surface area contributed by atoms with Crippen LogP contribution in [-0.2, 0) is 14.3 Å². The fourth-order valence-electron chi connectivity index (χ4n) is 5.04. The normalized spacial score (nSPS) is 21.6. The molecular formula is C26H41NO3S2. The van der Waals surface area contributed by atoms with Gasteiger partial charge in [0.1, 0.15) is 6.73 Å². The Kier molecular flexibility index (Phi) is 10.7.